The van der Waals surface area contributed by atoms with Gasteiger partial charge in [-0.05, 0) is 97.6 Å². The lowest BCUT2D eigenvalue weighted by molar-refractivity contribution is 0.616. The van der Waals surface area contributed by atoms with Crippen LogP contribution < -0.4 is 4.90 Å². The van der Waals surface area contributed by atoms with E-state index in [2.05, 4.69) is 140 Å². The van der Waals surface area contributed by atoms with Gasteiger partial charge in [-0.3, -0.25) is 0 Å². The third kappa shape index (κ3) is 6.50. The number of aromatic nitrogens is 1. The lowest BCUT2D eigenvalue weighted by Crippen LogP contribution is -2.39. The molecule has 0 radical (unpaired) electrons. The van der Waals surface area contributed by atoms with Crippen molar-refractivity contribution < 1.29 is 0 Å². The molecule has 4 aliphatic rings. The number of fused-ring (bicyclic) bond motifs is 3. The van der Waals surface area contributed by atoms with Crippen molar-refractivity contribution in [2.45, 2.75) is 52.0 Å². The fraction of sp³-hybridized carbons (Fsp3) is 0.229. The second-order valence-electron chi connectivity index (χ2n) is 14.2. The van der Waals surface area contributed by atoms with E-state index in [1.54, 1.807) is 6.07 Å². The van der Waals surface area contributed by atoms with Gasteiger partial charge in [0.1, 0.15) is 0 Å². The number of rotatable bonds is 6. The summed E-state index contributed by atoms with van der Waals surface area (Å²) in [4.78, 5) is 2.42. The zero-order chi connectivity index (χ0) is 37.1. The largest absolute Gasteiger partial charge is 0.360 e. The number of hydrogen-bond donors (Lipinski definition) is 0. The Labute approximate surface area is 313 Å². The van der Waals surface area contributed by atoms with Gasteiger partial charge in [0.2, 0.25) is 0 Å². The third-order valence-corrected chi connectivity index (χ3v) is 11.0. The fourth-order valence-electron chi connectivity index (χ4n) is 8.39. The first-order valence-electron chi connectivity index (χ1n) is 18.5. The first kappa shape index (κ1) is 35.1. The van der Waals surface area contributed by atoms with E-state index >= 15 is 0 Å². The maximum absolute atomic E-state index is 10.6. The highest BCUT2D eigenvalue weighted by atomic mass is 15.2. The molecule has 3 aliphatic carbocycles. The molecule has 3 aromatic rings. The van der Waals surface area contributed by atoms with Crippen LogP contribution >= 0.6 is 0 Å². The van der Waals surface area contributed by atoms with Gasteiger partial charge in [-0.15, -0.1) is 6.58 Å². The summed E-state index contributed by atoms with van der Waals surface area (Å²) in [6.45, 7) is 13.6. The highest BCUT2D eigenvalue weighted by molar-refractivity contribution is 5.92. The lowest BCUT2D eigenvalue weighted by atomic mass is 9.82. The van der Waals surface area contributed by atoms with Gasteiger partial charge < -0.3 is 9.47 Å². The molecular formula is C48H43N5. The van der Waals surface area contributed by atoms with Gasteiger partial charge in [0.25, 0.3) is 0 Å². The smallest absolute Gasteiger partial charge is 0.0999 e. The molecule has 2 heterocycles. The Morgan fingerprint density at radius 3 is 2.53 bits per heavy atom. The highest BCUT2D eigenvalue weighted by Gasteiger charge is 2.30. The van der Waals surface area contributed by atoms with Crippen molar-refractivity contribution in [3.8, 4) is 23.9 Å². The quantitative estimate of drug-likeness (QED) is 0.241. The topological polar surface area (TPSA) is 79.5 Å². The fourth-order valence-corrected chi connectivity index (χ4v) is 8.39. The zero-order valence-electron chi connectivity index (χ0n) is 30.5. The summed E-state index contributed by atoms with van der Waals surface area (Å²) in [5.74, 6) is 0.287. The van der Waals surface area contributed by atoms with Gasteiger partial charge in [-0.25, -0.2) is 0 Å². The third-order valence-electron chi connectivity index (χ3n) is 11.0. The van der Waals surface area contributed by atoms with E-state index in [9.17, 15) is 15.8 Å². The van der Waals surface area contributed by atoms with Gasteiger partial charge in [-0.2, -0.15) is 15.8 Å². The summed E-state index contributed by atoms with van der Waals surface area (Å²) < 4.78 is 2.31. The molecule has 0 fully saturated rings. The monoisotopic (exact) mass is 689 g/mol. The molecule has 3 unspecified atom stereocenters. The number of benzene rings is 2. The predicted octanol–water partition coefficient (Wildman–Crippen LogP) is 10.8. The van der Waals surface area contributed by atoms with Crippen molar-refractivity contribution in [2.75, 3.05) is 11.4 Å². The van der Waals surface area contributed by atoms with Gasteiger partial charge in [0.05, 0.1) is 41.1 Å². The van der Waals surface area contributed by atoms with Crippen LogP contribution in [0.15, 0.2) is 121 Å². The maximum Gasteiger partial charge on any atom is 0.0999 e. The number of nitriles is 3. The van der Waals surface area contributed by atoms with Crippen LogP contribution in [0.25, 0.3) is 29.0 Å². The first-order chi connectivity index (χ1) is 25.9. The number of nitrogens with zero attached hydrogens (tertiary/aromatic N) is 5. The molecule has 7 rings (SSSR count). The molecule has 5 nitrogen and oxygen atoms in total. The molecule has 1 aliphatic heterocycles. The summed E-state index contributed by atoms with van der Waals surface area (Å²) in [5.41, 5.74) is 13.4. The standard InChI is InChI=1S/C48H43N5/c1-5-13-44-40(6-2)32(3)14-8-7-11-23-52(44)39-16-12-15-36(27-39)42-28-37(21-19-33(42)4)48-38(31-51)24-35(30-50)26-47(48)53-45-18-10-9-17-41(45)43-25-34(29-49)20-22-46(43)53/h5-9,11-17,21,24-28,33,40,44H,2-3,10,18-20,22-23H2,1,4H3/b11-7-,13-5-,14-8-. The van der Waals surface area contributed by atoms with E-state index in [-0.39, 0.29) is 17.9 Å². The molecular weight excluding hydrogens is 647 g/mol. The molecule has 53 heavy (non-hydrogen) atoms. The average Bonchev–Trinajstić information content (AvgIpc) is 3.55. The number of anilines is 1. The van der Waals surface area contributed by atoms with Crippen molar-refractivity contribution >= 4 is 29.0 Å². The minimum atomic E-state index is 0.0348. The van der Waals surface area contributed by atoms with Crippen molar-refractivity contribution in [1.29, 1.82) is 15.8 Å². The predicted molar refractivity (Wildman–Crippen MR) is 218 cm³/mol. The molecule has 1 aromatic heterocycles. The highest BCUT2D eigenvalue weighted by Crippen LogP contribution is 2.43. The van der Waals surface area contributed by atoms with Crippen LogP contribution in [0.4, 0.5) is 5.69 Å². The van der Waals surface area contributed by atoms with E-state index in [1.807, 2.05) is 18.2 Å². The van der Waals surface area contributed by atoms with Gasteiger partial charge in [0.15, 0.2) is 0 Å². The van der Waals surface area contributed by atoms with Crippen LogP contribution in [-0.2, 0) is 12.8 Å². The van der Waals surface area contributed by atoms with Gasteiger partial charge in [0, 0.05) is 51.8 Å². The molecule has 260 valence electrons. The van der Waals surface area contributed by atoms with Gasteiger partial charge in [-0.1, -0.05) is 92.5 Å². The van der Waals surface area contributed by atoms with E-state index in [0.717, 1.165) is 81.8 Å². The van der Waals surface area contributed by atoms with E-state index in [1.165, 1.54) is 11.3 Å². The normalized spacial score (nSPS) is 22.0. The Bertz CT molecular complexity index is 2360. The summed E-state index contributed by atoms with van der Waals surface area (Å²) in [6, 6.07) is 19.7. The van der Waals surface area contributed by atoms with Crippen LogP contribution in [0.5, 0.6) is 0 Å². The van der Waals surface area contributed by atoms with Crippen LogP contribution in [0.2, 0.25) is 0 Å². The van der Waals surface area contributed by atoms with E-state index < -0.39 is 0 Å². The Hall–Kier alpha value is -6.35. The van der Waals surface area contributed by atoms with Crippen molar-refractivity contribution in [1.82, 2.24) is 4.57 Å². The molecule has 2 aromatic carbocycles. The van der Waals surface area contributed by atoms with E-state index in [4.69, 9.17) is 0 Å². The number of allylic oxidation sites excluding steroid dienone is 10. The van der Waals surface area contributed by atoms with Crippen molar-refractivity contribution in [3.63, 3.8) is 0 Å². The second kappa shape index (κ2) is 15.1. The van der Waals surface area contributed by atoms with Crippen LogP contribution in [-0.4, -0.2) is 17.2 Å². The van der Waals surface area contributed by atoms with Crippen molar-refractivity contribution in [3.05, 3.63) is 166 Å². The van der Waals surface area contributed by atoms with Crippen LogP contribution in [0, 0.1) is 45.8 Å². The number of hydrogen-bond acceptors (Lipinski definition) is 4. The maximum atomic E-state index is 10.6. The summed E-state index contributed by atoms with van der Waals surface area (Å²) in [7, 11) is 0. The molecule has 0 saturated heterocycles. The first-order valence-corrected chi connectivity index (χ1v) is 18.5. The van der Waals surface area contributed by atoms with E-state index in [0.29, 0.717) is 24.0 Å². The molecule has 0 amide bonds. The molecule has 0 spiro atoms. The van der Waals surface area contributed by atoms with Gasteiger partial charge >= 0.3 is 0 Å². The lowest BCUT2D eigenvalue weighted by Gasteiger charge is -2.36. The minimum Gasteiger partial charge on any atom is -0.360 e. The molecule has 0 N–H and O–H groups in total. The minimum absolute atomic E-state index is 0.0348. The second-order valence-corrected chi connectivity index (χ2v) is 14.2. The Kier molecular flexibility index (Phi) is 9.99. The zero-order valence-corrected chi connectivity index (χ0v) is 30.5. The summed E-state index contributed by atoms with van der Waals surface area (Å²) in [6.07, 6.45) is 29.6. The summed E-state index contributed by atoms with van der Waals surface area (Å²) >= 11 is 0. The van der Waals surface area contributed by atoms with Crippen LogP contribution in [0.3, 0.4) is 0 Å². The Morgan fingerprint density at radius 1 is 0.906 bits per heavy atom. The molecule has 3 atom stereocenters. The SMILES string of the molecule is C=CC1C(=C)/C=C\C=C/CN(c2cccc(C3=CC(c4c(C#N)cc(C#N)cc4-n4c5c(c6c4CCC(C#N)=C6)C=CCC5)=CCC3C)c2)C1/C=C\C. The average molecular weight is 690 g/mol. The van der Waals surface area contributed by atoms with Crippen LogP contribution in [0.1, 0.15) is 77.9 Å². The summed E-state index contributed by atoms with van der Waals surface area (Å²) in [5, 5.41) is 30.6. The Balaban J connectivity index is 1.38. The molecule has 0 saturated carbocycles. The Morgan fingerprint density at radius 2 is 1.75 bits per heavy atom. The van der Waals surface area contributed by atoms with Crippen molar-refractivity contribution in [2.24, 2.45) is 11.8 Å². The molecule has 0 bridgehead atoms. The molecule has 5 heteroatoms.